The fourth-order valence-electron chi connectivity index (χ4n) is 2.74. The van der Waals surface area contributed by atoms with Gasteiger partial charge >= 0.3 is 0 Å². The van der Waals surface area contributed by atoms with E-state index in [0.717, 1.165) is 10.6 Å². The molecule has 0 heterocycles. The Balaban J connectivity index is 2.57. The predicted molar refractivity (Wildman–Crippen MR) is 108 cm³/mol. The van der Waals surface area contributed by atoms with Crippen LogP contribution in [0.4, 0.5) is 11.4 Å². The Labute approximate surface area is 165 Å². The molecule has 0 saturated heterocycles. The van der Waals surface area contributed by atoms with Gasteiger partial charge in [0.1, 0.15) is 5.75 Å². The maximum Gasteiger partial charge on any atom is 0.257 e. The molecule has 0 unspecified atom stereocenters. The molecule has 2 aromatic rings. The smallest absolute Gasteiger partial charge is 0.257 e. The van der Waals surface area contributed by atoms with Gasteiger partial charge in [0.25, 0.3) is 5.91 Å². The van der Waals surface area contributed by atoms with Crippen molar-refractivity contribution in [1.29, 1.82) is 0 Å². The summed E-state index contributed by atoms with van der Waals surface area (Å²) in [6.07, 6.45) is 1.08. The Bertz CT molecular complexity index is 959. The highest BCUT2D eigenvalue weighted by Gasteiger charge is 2.25. The Morgan fingerprint density at radius 3 is 2.21 bits per heavy atom. The summed E-state index contributed by atoms with van der Waals surface area (Å²) >= 11 is 0. The number of nitrogens with one attached hydrogen (secondary N) is 1. The first-order valence-corrected chi connectivity index (χ1v) is 10.3. The number of benzene rings is 2. The van der Waals surface area contributed by atoms with Crippen molar-refractivity contribution in [2.45, 2.75) is 6.92 Å². The van der Waals surface area contributed by atoms with Crippen LogP contribution >= 0.6 is 0 Å². The van der Waals surface area contributed by atoms with Gasteiger partial charge in [0.2, 0.25) is 10.0 Å². The van der Waals surface area contributed by atoms with Crippen molar-refractivity contribution in [3.63, 3.8) is 0 Å². The van der Waals surface area contributed by atoms with Crippen molar-refractivity contribution in [2.24, 2.45) is 0 Å². The highest BCUT2D eigenvalue weighted by Crippen LogP contribution is 2.36. The average molecular weight is 408 g/mol. The molecule has 2 aromatic carbocycles. The maximum absolute atomic E-state index is 13.0. The van der Waals surface area contributed by atoms with Crippen molar-refractivity contribution in [3.05, 3.63) is 42.0 Å². The lowest BCUT2D eigenvalue weighted by atomic mass is 10.1. The molecule has 0 aliphatic rings. The first-order valence-electron chi connectivity index (χ1n) is 8.44. The van der Waals surface area contributed by atoms with Crippen LogP contribution in [0.1, 0.15) is 17.3 Å². The molecule has 0 aliphatic heterocycles. The fourth-order valence-corrected chi connectivity index (χ4v) is 3.72. The number of anilines is 2. The van der Waals surface area contributed by atoms with Crippen LogP contribution in [0.2, 0.25) is 0 Å². The summed E-state index contributed by atoms with van der Waals surface area (Å²) in [5.74, 6) is 0.715. The van der Waals surface area contributed by atoms with Crippen LogP contribution in [0.15, 0.2) is 36.4 Å². The van der Waals surface area contributed by atoms with Crippen molar-refractivity contribution in [1.82, 2.24) is 0 Å². The van der Waals surface area contributed by atoms with Gasteiger partial charge in [-0.15, -0.1) is 0 Å². The Morgan fingerprint density at radius 1 is 1.04 bits per heavy atom. The molecular weight excluding hydrogens is 384 g/mol. The zero-order valence-electron chi connectivity index (χ0n) is 16.5. The lowest BCUT2D eigenvalue weighted by Gasteiger charge is -2.24. The second kappa shape index (κ2) is 8.83. The predicted octanol–water partition coefficient (Wildman–Crippen LogP) is 2.75. The highest BCUT2D eigenvalue weighted by molar-refractivity contribution is 7.92. The van der Waals surface area contributed by atoms with Crippen LogP contribution < -0.4 is 23.8 Å². The minimum absolute atomic E-state index is 0.132. The molecule has 0 radical (unpaired) electrons. The van der Waals surface area contributed by atoms with Gasteiger partial charge in [-0.1, -0.05) is 6.07 Å². The molecule has 0 aromatic heterocycles. The number of carbonyl (C=O) groups excluding carboxylic acids is 1. The molecule has 28 heavy (non-hydrogen) atoms. The Hall–Kier alpha value is -2.94. The number of hydrogen-bond acceptors (Lipinski definition) is 6. The molecule has 0 bridgehead atoms. The van der Waals surface area contributed by atoms with Crippen LogP contribution in [0, 0.1) is 0 Å². The van der Waals surface area contributed by atoms with E-state index >= 15 is 0 Å². The van der Waals surface area contributed by atoms with Gasteiger partial charge in [-0.3, -0.25) is 9.10 Å². The molecule has 152 valence electrons. The van der Waals surface area contributed by atoms with Crippen LogP contribution in [0.3, 0.4) is 0 Å². The van der Waals surface area contributed by atoms with Gasteiger partial charge in [0, 0.05) is 24.4 Å². The monoisotopic (exact) mass is 408 g/mol. The van der Waals surface area contributed by atoms with Crippen LogP contribution in [-0.2, 0) is 10.0 Å². The molecule has 0 saturated carbocycles. The third-order valence-corrected chi connectivity index (χ3v) is 5.29. The number of nitrogens with zero attached hydrogens (tertiary/aromatic N) is 1. The maximum atomic E-state index is 13.0. The average Bonchev–Trinajstić information content (AvgIpc) is 2.66. The number of hydrogen-bond donors (Lipinski definition) is 1. The van der Waals surface area contributed by atoms with E-state index in [4.69, 9.17) is 14.2 Å². The van der Waals surface area contributed by atoms with E-state index in [0.29, 0.717) is 22.9 Å². The van der Waals surface area contributed by atoms with Crippen LogP contribution in [0.25, 0.3) is 0 Å². The first kappa shape index (κ1) is 21.4. The number of carbonyl (C=O) groups is 1. The van der Waals surface area contributed by atoms with E-state index in [2.05, 4.69) is 5.32 Å². The summed E-state index contributed by atoms with van der Waals surface area (Å²) in [4.78, 5) is 13.0. The summed E-state index contributed by atoms with van der Waals surface area (Å²) < 4.78 is 41.3. The quantitative estimate of drug-likeness (QED) is 0.722. The van der Waals surface area contributed by atoms with Gasteiger partial charge in [-0.05, 0) is 25.1 Å². The summed E-state index contributed by atoms with van der Waals surface area (Å²) in [6.45, 7) is 1.83. The number of ether oxygens (including phenoxy) is 3. The zero-order valence-corrected chi connectivity index (χ0v) is 17.3. The minimum Gasteiger partial charge on any atom is -0.497 e. The van der Waals surface area contributed by atoms with E-state index in [1.165, 1.54) is 33.5 Å². The molecular formula is C19H24N2O6S. The number of amides is 1. The Kier molecular flexibility index (Phi) is 6.74. The Morgan fingerprint density at radius 2 is 1.68 bits per heavy atom. The zero-order chi connectivity index (χ0) is 20.9. The van der Waals surface area contributed by atoms with Crippen LogP contribution in [-0.4, -0.2) is 48.5 Å². The molecule has 2 rings (SSSR count). The third-order valence-electron chi connectivity index (χ3n) is 4.03. The third kappa shape index (κ3) is 4.66. The highest BCUT2D eigenvalue weighted by atomic mass is 32.2. The van der Waals surface area contributed by atoms with Gasteiger partial charge in [-0.2, -0.15) is 0 Å². The molecule has 8 nitrogen and oxygen atoms in total. The van der Waals surface area contributed by atoms with Gasteiger partial charge in [0.15, 0.2) is 11.5 Å². The number of methoxy groups -OCH3 is 3. The van der Waals surface area contributed by atoms with E-state index in [-0.39, 0.29) is 17.8 Å². The van der Waals surface area contributed by atoms with E-state index in [1.807, 2.05) is 0 Å². The van der Waals surface area contributed by atoms with E-state index < -0.39 is 15.9 Å². The topological polar surface area (TPSA) is 94.2 Å². The standard InChI is InChI=1S/C19H24N2O6S/c1-6-21(28(5,23)24)16-12-18(27-4)17(26-3)11-15(16)19(22)20-13-8-7-9-14(10-13)25-2/h7-12H,6H2,1-5H3,(H,20,22). The van der Waals surface area contributed by atoms with Crippen molar-refractivity contribution < 1.29 is 27.4 Å². The lowest BCUT2D eigenvalue weighted by molar-refractivity contribution is 0.102. The summed E-state index contributed by atoms with van der Waals surface area (Å²) in [7, 11) is 0.790. The number of sulfonamides is 1. The van der Waals surface area contributed by atoms with Crippen LogP contribution in [0.5, 0.6) is 17.2 Å². The minimum atomic E-state index is -3.62. The largest absolute Gasteiger partial charge is 0.497 e. The SMILES string of the molecule is CCN(c1cc(OC)c(OC)cc1C(=O)Nc1cccc(OC)c1)S(C)(=O)=O. The molecule has 1 N–H and O–H groups in total. The second-order valence-electron chi connectivity index (χ2n) is 5.84. The van der Waals surface area contributed by atoms with Gasteiger partial charge < -0.3 is 19.5 Å². The molecule has 9 heteroatoms. The second-order valence-corrected chi connectivity index (χ2v) is 7.74. The van der Waals surface area contributed by atoms with Gasteiger partial charge in [0.05, 0.1) is 38.8 Å². The summed E-state index contributed by atoms with van der Waals surface area (Å²) in [5, 5.41) is 2.76. The first-order chi connectivity index (χ1) is 13.2. The molecule has 0 spiro atoms. The van der Waals surface area contributed by atoms with Crippen molar-refractivity contribution >= 4 is 27.3 Å². The normalized spacial score (nSPS) is 10.9. The van der Waals surface area contributed by atoms with Crippen molar-refractivity contribution in [3.8, 4) is 17.2 Å². The molecule has 0 atom stereocenters. The van der Waals surface area contributed by atoms with Gasteiger partial charge in [-0.25, -0.2) is 8.42 Å². The van der Waals surface area contributed by atoms with Crippen molar-refractivity contribution in [2.75, 3.05) is 43.8 Å². The lowest BCUT2D eigenvalue weighted by Crippen LogP contribution is -2.31. The fraction of sp³-hybridized carbons (Fsp3) is 0.316. The molecule has 0 fully saturated rings. The molecule has 0 aliphatic carbocycles. The molecule has 1 amide bonds. The van der Waals surface area contributed by atoms with E-state index in [9.17, 15) is 13.2 Å². The van der Waals surface area contributed by atoms with E-state index in [1.54, 1.807) is 31.2 Å². The summed E-state index contributed by atoms with van der Waals surface area (Å²) in [5.41, 5.74) is 0.836. The summed E-state index contributed by atoms with van der Waals surface area (Å²) in [6, 6.07) is 9.78. The number of rotatable bonds is 8.